The number of rotatable bonds is 5. The van der Waals surface area contributed by atoms with Gasteiger partial charge >= 0.3 is 0 Å². The van der Waals surface area contributed by atoms with E-state index in [9.17, 15) is 0 Å². The lowest BCUT2D eigenvalue weighted by Gasteiger charge is -2.18. The predicted octanol–water partition coefficient (Wildman–Crippen LogP) is 2.19. The van der Waals surface area contributed by atoms with E-state index in [0.717, 1.165) is 17.8 Å². The summed E-state index contributed by atoms with van der Waals surface area (Å²) in [6.45, 7) is 3.20. The van der Waals surface area contributed by atoms with E-state index in [1.165, 1.54) is 19.3 Å². The molecule has 1 aliphatic rings. The van der Waals surface area contributed by atoms with Crippen LogP contribution in [0.1, 0.15) is 26.2 Å². The van der Waals surface area contributed by atoms with Crippen LogP contribution in [0.25, 0.3) is 0 Å². The van der Waals surface area contributed by atoms with Gasteiger partial charge in [-0.2, -0.15) is 23.5 Å². The van der Waals surface area contributed by atoms with Crippen molar-refractivity contribution in [3.8, 4) is 0 Å². The summed E-state index contributed by atoms with van der Waals surface area (Å²) in [5.74, 6) is 0.956. The molecule has 0 aliphatic heterocycles. The summed E-state index contributed by atoms with van der Waals surface area (Å²) >= 11 is 3.86. The fourth-order valence-electron chi connectivity index (χ4n) is 2.00. The van der Waals surface area contributed by atoms with Crippen LogP contribution in [0.15, 0.2) is 4.99 Å². The molecule has 0 radical (unpaired) electrons. The van der Waals surface area contributed by atoms with E-state index >= 15 is 0 Å². The highest BCUT2D eigenvalue weighted by Crippen LogP contribution is 2.27. The third-order valence-electron chi connectivity index (χ3n) is 3.24. The molecule has 0 amide bonds. The van der Waals surface area contributed by atoms with Crippen LogP contribution in [0.2, 0.25) is 0 Å². The van der Waals surface area contributed by atoms with Gasteiger partial charge in [0.1, 0.15) is 0 Å². The van der Waals surface area contributed by atoms with Gasteiger partial charge in [-0.3, -0.25) is 4.99 Å². The molecular weight excluding hydrogens is 250 g/mol. The molecule has 17 heavy (non-hydrogen) atoms. The fourth-order valence-corrected chi connectivity index (χ4v) is 3.04. The van der Waals surface area contributed by atoms with Crippen molar-refractivity contribution in [3.63, 3.8) is 0 Å². The largest absolute Gasteiger partial charge is 0.355 e. The number of hydrogen-bond donors (Lipinski definition) is 2. The average molecular weight is 275 g/mol. The standard InChI is InChI=1S/C12H25N3S2/c1-9(16-3)8-14-12(13-2)15-10-5-6-11(7-10)17-4/h9-11H,5-8H2,1-4H3,(H2,13,14,15). The lowest BCUT2D eigenvalue weighted by molar-refractivity contribution is 0.614. The zero-order valence-corrected chi connectivity index (χ0v) is 13.0. The molecule has 0 aromatic rings. The van der Waals surface area contributed by atoms with Crippen LogP contribution in [0.5, 0.6) is 0 Å². The Bertz CT molecular complexity index is 246. The van der Waals surface area contributed by atoms with Crippen molar-refractivity contribution in [2.45, 2.75) is 42.7 Å². The Morgan fingerprint density at radius 3 is 2.71 bits per heavy atom. The molecule has 3 atom stereocenters. The maximum absolute atomic E-state index is 4.29. The van der Waals surface area contributed by atoms with Crippen molar-refractivity contribution in [2.24, 2.45) is 4.99 Å². The van der Waals surface area contributed by atoms with E-state index in [1.54, 1.807) is 0 Å². The van der Waals surface area contributed by atoms with Crippen LogP contribution in [-0.4, -0.2) is 48.6 Å². The van der Waals surface area contributed by atoms with Gasteiger partial charge in [-0.1, -0.05) is 6.92 Å². The third-order valence-corrected chi connectivity index (χ3v) is 5.31. The van der Waals surface area contributed by atoms with Crippen molar-refractivity contribution in [3.05, 3.63) is 0 Å². The van der Waals surface area contributed by atoms with Gasteiger partial charge in [0, 0.05) is 30.1 Å². The fraction of sp³-hybridized carbons (Fsp3) is 0.917. The number of thioether (sulfide) groups is 2. The molecule has 1 fully saturated rings. The van der Waals surface area contributed by atoms with E-state index in [0.29, 0.717) is 11.3 Å². The molecule has 1 aliphatic carbocycles. The van der Waals surface area contributed by atoms with Crippen LogP contribution in [0.3, 0.4) is 0 Å². The van der Waals surface area contributed by atoms with Crippen LogP contribution in [0.4, 0.5) is 0 Å². The highest BCUT2D eigenvalue weighted by Gasteiger charge is 2.24. The molecule has 3 nitrogen and oxygen atoms in total. The van der Waals surface area contributed by atoms with E-state index in [1.807, 2.05) is 30.6 Å². The molecule has 0 aromatic carbocycles. The van der Waals surface area contributed by atoms with E-state index in [4.69, 9.17) is 0 Å². The zero-order valence-electron chi connectivity index (χ0n) is 11.3. The summed E-state index contributed by atoms with van der Waals surface area (Å²) in [4.78, 5) is 4.29. The second-order valence-electron chi connectivity index (χ2n) is 4.51. The van der Waals surface area contributed by atoms with Crippen LogP contribution in [0, 0.1) is 0 Å². The van der Waals surface area contributed by atoms with Crippen molar-refractivity contribution in [1.82, 2.24) is 10.6 Å². The van der Waals surface area contributed by atoms with Gasteiger partial charge in [-0.25, -0.2) is 0 Å². The molecule has 1 rings (SSSR count). The Hall–Kier alpha value is -0.0300. The summed E-state index contributed by atoms with van der Waals surface area (Å²) in [5.41, 5.74) is 0. The minimum absolute atomic E-state index is 0.600. The number of guanidine groups is 1. The molecule has 2 N–H and O–H groups in total. The average Bonchev–Trinajstić information content (AvgIpc) is 2.81. The maximum atomic E-state index is 4.29. The first-order chi connectivity index (χ1) is 8.19. The topological polar surface area (TPSA) is 36.4 Å². The van der Waals surface area contributed by atoms with Crippen LogP contribution >= 0.6 is 23.5 Å². The van der Waals surface area contributed by atoms with Crippen LogP contribution < -0.4 is 10.6 Å². The quantitative estimate of drug-likeness (QED) is 0.596. The minimum atomic E-state index is 0.600. The minimum Gasteiger partial charge on any atom is -0.355 e. The summed E-state index contributed by atoms with van der Waals surface area (Å²) in [7, 11) is 1.85. The molecule has 0 saturated heterocycles. The van der Waals surface area contributed by atoms with Crippen LogP contribution in [-0.2, 0) is 0 Å². The van der Waals surface area contributed by atoms with Crippen molar-refractivity contribution >= 4 is 29.5 Å². The molecule has 1 saturated carbocycles. The molecule has 3 unspecified atom stereocenters. The number of aliphatic imine (C=N–C) groups is 1. The highest BCUT2D eigenvalue weighted by atomic mass is 32.2. The second kappa shape index (κ2) is 8.14. The van der Waals surface area contributed by atoms with Gasteiger partial charge in [-0.15, -0.1) is 0 Å². The van der Waals surface area contributed by atoms with Gasteiger partial charge in [0.05, 0.1) is 0 Å². The molecule has 0 bridgehead atoms. The molecule has 100 valence electrons. The summed E-state index contributed by atoms with van der Waals surface area (Å²) < 4.78 is 0. The first kappa shape index (κ1) is 15.0. The Balaban J connectivity index is 2.28. The van der Waals surface area contributed by atoms with E-state index in [-0.39, 0.29) is 0 Å². The first-order valence-corrected chi connectivity index (χ1v) is 8.80. The summed E-state index contributed by atoms with van der Waals surface area (Å²) in [6, 6.07) is 0.600. The Kier molecular flexibility index (Phi) is 7.19. The summed E-state index contributed by atoms with van der Waals surface area (Å²) in [6.07, 6.45) is 8.21. The SMILES string of the molecule is CN=C(NCC(C)SC)NC1CCC(SC)C1. The van der Waals surface area contributed by atoms with Crippen molar-refractivity contribution < 1.29 is 0 Å². The molecular formula is C12H25N3S2. The maximum Gasteiger partial charge on any atom is 0.191 e. The predicted molar refractivity (Wildman–Crippen MR) is 82.4 cm³/mol. The van der Waals surface area contributed by atoms with E-state index < -0.39 is 0 Å². The van der Waals surface area contributed by atoms with Gasteiger partial charge < -0.3 is 10.6 Å². The van der Waals surface area contributed by atoms with Gasteiger partial charge in [0.25, 0.3) is 0 Å². The Morgan fingerprint density at radius 2 is 2.18 bits per heavy atom. The van der Waals surface area contributed by atoms with Gasteiger partial charge in [0.2, 0.25) is 0 Å². The first-order valence-electron chi connectivity index (χ1n) is 6.22. The monoisotopic (exact) mass is 275 g/mol. The summed E-state index contributed by atoms with van der Waals surface area (Å²) in [5, 5.41) is 8.37. The number of nitrogens with zero attached hydrogens (tertiary/aromatic N) is 1. The Labute approximate surface area is 114 Å². The van der Waals surface area contributed by atoms with E-state index in [2.05, 4.69) is 35.1 Å². The normalized spacial score (nSPS) is 26.9. The highest BCUT2D eigenvalue weighted by molar-refractivity contribution is 7.99. The van der Waals surface area contributed by atoms with Crippen molar-refractivity contribution in [1.29, 1.82) is 0 Å². The van der Waals surface area contributed by atoms with Crippen molar-refractivity contribution in [2.75, 3.05) is 26.1 Å². The molecule has 5 heteroatoms. The lowest BCUT2D eigenvalue weighted by atomic mass is 10.2. The number of nitrogens with one attached hydrogen (secondary N) is 2. The second-order valence-corrected chi connectivity index (χ2v) is 6.93. The van der Waals surface area contributed by atoms with Gasteiger partial charge in [-0.05, 0) is 31.8 Å². The molecule has 0 heterocycles. The zero-order chi connectivity index (χ0) is 12.7. The van der Waals surface area contributed by atoms with Gasteiger partial charge in [0.15, 0.2) is 5.96 Å². The lowest BCUT2D eigenvalue weighted by Crippen LogP contribution is -2.44. The smallest absolute Gasteiger partial charge is 0.191 e. The molecule has 0 spiro atoms. The third kappa shape index (κ3) is 5.42. The Morgan fingerprint density at radius 1 is 1.41 bits per heavy atom. The number of hydrogen-bond acceptors (Lipinski definition) is 3. The molecule has 0 aromatic heterocycles.